The van der Waals surface area contributed by atoms with Gasteiger partial charge in [-0.15, -0.1) is 24.5 Å². The number of carbonyl (C=O) groups is 2. The molecule has 0 spiro atoms. The van der Waals surface area contributed by atoms with E-state index in [1.54, 1.807) is 0 Å². The van der Waals surface area contributed by atoms with E-state index < -0.39 is 41.5 Å². The molecule has 1 heterocycles. The molecule has 0 saturated carbocycles. The van der Waals surface area contributed by atoms with Crippen molar-refractivity contribution < 1.29 is 38.4 Å². The molecule has 1 amide bonds. The molecule has 0 bridgehead atoms. The lowest BCUT2D eigenvalue weighted by Gasteiger charge is -2.11. The molecule has 2 N–H and O–H groups in total. The molecule has 10 heteroatoms. The van der Waals surface area contributed by atoms with Gasteiger partial charge in [-0.2, -0.15) is 0 Å². The van der Waals surface area contributed by atoms with Gasteiger partial charge in [0, 0.05) is 0 Å². The van der Waals surface area contributed by atoms with Crippen molar-refractivity contribution in [1.29, 1.82) is 0 Å². The van der Waals surface area contributed by atoms with Crippen molar-refractivity contribution in [3.8, 4) is 16.9 Å². The number of anilines is 1. The molecule has 0 saturated heterocycles. The van der Waals surface area contributed by atoms with Crippen LogP contribution in [0, 0.1) is 5.82 Å². The molecule has 0 aliphatic carbocycles. The average Bonchev–Trinajstić information content (AvgIpc) is 3.13. The first-order valence-electron chi connectivity index (χ1n) is 8.33. The summed E-state index contributed by atoms with van der Waals surface area (Å²) in [6.07, 6.45) is -4.89. The first-order chi connectivity index (χ1) is 14.0. The Hall–Kier alpha value is -3.40. The third-order valence-corrected chi connectivity index (χ3v) is 4.54. The summed E-state index contributed by atoms with van der Waals surface area (Å²) in [5, 5.41) is 12.6. The van der Waals surface area contributed by atoms with Gasteiger partial charge >= 0.3 is 12.3 Å². The number of carboxylic acids is 1. The van der Waals surface area contributed by atoms with Crippen molar-refractivity contribution in [3.63, 3.8) is 0 Å². The van der Waals surface area contributed by atoms with Crippen LogP contribution in [0.5, 0.6) is 5.75 Å². The molecule has 0 aliphatic rings. The Balaban J connectivity index is 1.89. The van der Waals surface area contributed by atoms with Gasteiger partial charge < -0.3 is 15.2 Å². The molecular formula is C19H11F4NO4S. The maximum atomic E-state index is 14.6. The van der Waals surface area contributed by atoms with Gasteiger partial charge in [-0.25, -0.2) is 9.18 Å². The first kappa shape index (κ1) is 18.9. The Morgan fingerprint density at radius 1 is 1.14 bits per heavy atom. The fourth-order valence-corrected chi connectivity index (χ4v) is 3.17. The molecule has 0 atom stereocenters. The van der Waals surface area contributed by atoms with Crippen LogP contribution in [0.4, 0.5) is 23.2 Å². The highest BCUT2D eigenvalue weighted by molar-refractivity contribution is 7.12. The standard InChI is InChI=1S/C19H11F4NO4S/c20-14-9-11(10-2-1-3-12(8-10)28-19(21,22)23)4-5-15(14)24-17(25)13-6-7-29-16(13)18(26)27/h1-9H,(H,24,25)(H,26,27)/i5D. The van der Waals surface area contributed by atoms with Gasteiger partial charge in [0.05, 0.1) is 12.6 Å². The van der Waals surface area contributed by atoms with Crippen LogP contribution in [-0.2, 0) is 0 Å². The third-order valence-electron chi connectivity index (χ3n) is 3.64. The van der Waals surface area contributed by atoms with E-state index >= 15 is 0 Å². The van der Waals surface area contributed by atoms with Crippen molar-refractivity contribution in [1.82, 2.24) is 0 Å². The average molecular weight is 426 g/mol. The van der Waals surface area contributed by atoms with Crippen LogP contribution in [0.2, 0.25) is 0 Å². The van der Waals surface area contributed by atoms with E-state index in [0.717, 1.165) is 35.6 Å². The zero-order valence-electron chi connectivity index (χ0n) is 15.2. The van der Waals surface area contributed by atoms with Gasteiger partial charge in [0.1, 0.15) is 16.4 Å². The summed E-state index contributed by atoms with van der Waals surface area (Å²) >= 11 is 0.817. The number of hydrogen-bond donors (Lipinski definition) is 2. The number of benzene rings is 2. The fraction of sp³-hybridized carbons (Fsp3) is 0.0526. The largest absolute Gasteiger partial charge is 0.573 e. The molecule has 0 aliphatic heterocycles. The molecule has 150 valence electrons. The summed E-state index contributed by atoms with van der Waals surface area (Å²) < 4.78 is 63.5. The number of halogens is 4. The van der Waals surface area contributed by atoms with Gasteiger partial charge in [0.15, 0.2) is 0 Å². The second-order valence-electron chi connectivity index (χ2n) is 5.61. The number of amides is 1. The Kier molecular flexibility index (Phi) is 5.17. The monoisotopic (exact) mass is 426 g/mol. The number of carbonyl (C=O) groups excluding carboxylic acids is 1. The predicted octanol–water partition coefficient (Wildman–Crippen LogP) is 5.40. The summed E-state index contributed by atoms with van der Waals surface area (Å²) in [7, 11) is 0. The highest BCUT2D eigenvalue weighted by atomic mass is 32.1. The Bertz CT molecular complexity index is 1110. The number of carboxylic acid groups (broad SMARTS) is 1. The summed E-state index contributed by atoms with van der Waals surface area (Å²) in [6.45, 7) is 0. The van der Waals surface area contributed by atoms with E-state index in [-0.39, 0.29) is 21.6 Å². The van der Waals surface area contributed by atoms with Crippen LogP contribution in [0.25, 0.3) is 11.1 Å². The van der Waals surface area contributed by atoms with E-state index in [0.29, 0.717) is 0 Å². The number of ether oxygens (including phenoxy) is 1. The van der Waals surface area contributed by atoms with Crippen LogP contribution in [0.1, 0.15) is 21.4 Å². The summed E-state index contributed by atoms with van der Waals surface area (Å²) in [5.74, 6) is -3.75. The minimum atomic E-state index is -4.89. The van der Waals surface area contributed by atoms with Crippen LogP contribution in [0.15, 0.2) is 53.9 Å². The predicted molar refractivity (Wildman–Crippen MR) is 97.8 cm³/mol. The van der Waals surface area contributed by atoms with Crippen molar-refractivity contribution in [2.24, 2.45) is 0 Å². The molecule has 3 rings (SSSR count). The Morgan fingerprint density at radius 2 is 1.86 bits per heavy atom. The highest BCUT2D eigenvalue weighted by Crippen LogP contribution is 2.30. The molecule has 5 nitrogen and oxygen atoms in total. The zero-order valence-corrected chi connectivity index (χ0v) is 15.0. The van der Waals surface area contributed by atoms with Crippen molar-refractivity contribution in [3.05, 3.63) is 70.1 Å². The molecule has 1 aromatic heterocycles. The van der Waals surface area contributed by atoms with Crippen LogP contribution < -0.4 is 10.1 Å². The number of thiophene rings is 1. The number of hydrogen-bond acceptors (Lipinski definition) is 4. The van der Waals surface area contributed by atoms with Gasteiger partial charge in [-0.3, -0.25) is 4.79 Å². The first-order valence-corrected chi connectivity index (χ1v) is 8.71. The van der Waals surface area contributed by atoms with E-state index in [2.05, 4.69) is 10.1 Å². The van der Waals surface area contributed by atoms with Gasteiger partial charge in [-0.1, -0.05) is 18.2 Å². The zero-order chi connectivity index (χ0) is 22.1. The SMILES string of the molecule is [2H]c1cc(-c2cccc(OC(F)(F)F)c2)cc(F)c1NC(=O)c1ccsc1C(=O)O. The second kappa shape index (κ2) is 7.92. The Labute approximate surface area is 166 Å². The molecular weight excluding hydrogens is 414 g/mol. The normalized spacial score (nSPS) is 11.7. The number of rotatable bonds is 5. The van der Waals surface area contributed by atoms with Gasteiger partial charge in [0.25, 0.3) is 5.91 Å². The van der Waals surface area contributed by atoms with Crippen molar-refractivity contribution >= 4 is 28.9 Å². The fourth-order valence-electron chi connectivity index (χ4n) is 2.44. The van der Waals surface area contributed by atoms with E-state index in [9.17, 15) is 27.2 Å². The lowest BCUT2D eigenvalue weighted by atomic mass is 10.0. The summed E-state index contributed by atoms with van der Waals surface area (Å²) in [4.78, 5) is 23.2. The molecule has 0 unspecified atom stereocenters. The molecule has 2 aromatic carbocycles. The minimum Gasteiger partial charge on any atom is -0.477 e. The lowest BCUT2D eigenvalue weighted by Crippen LogP contribution is -2.17. The topological polar surface area (TPSA) is 75.6 Å². The van der Waals surface area contributed by atoms with E-state index in [1.165, 1.54) is 23.6 Å². The van der Waals surface area contributed by atoms with E-state index in [1.807, 2.05) is 0 Å². The molecule has 29 heavy (non-hydrogen) atoms. The van der Waals surface area contributed by atoms with Crippen molar-refractivity contribution in [2.45, 2.75) is 6.36 Å². The molecule has 0 radical (unpaired) electrons. The van der Waals surface area contributed by atoms with E-state index in [4.69, 9.17) is 6.48 Å². The lowest BCUT2D eigenvalue weighted by molar-refractivity contribution is -0.274. The van der Waals surface area contributed by atoms with Gasteiger partial charge in [0.2, 0.25) is 0 Å². The number of aromatic carboxylic acids is 1. The highest BCUT2D eigenvalue weighted by Gasteiger charge is 2.31. The quantitative estimate of drug-likeness (QED) is 0.536. The van der Waals surface area contributed by atoms with Crippen LogP contribution in [0.3, 0.4) is 0 Å². The number of nitrogens with one attached hydrogen (secondary N) is 1. The minimum absolute atomic E-state index is 0.0879. The van der Waals surface area contributed by atoms with Crippen molar-refractivity contribution in [2.75, 3.05) is 5.32 Å². The Morgan fingerprint density at radius 3 is 2.52 bits per heavy atom. The van der Waals surface area contributed by atoms with Crippen LogP contribution in [-0.4, -0.2) is 23.3 Å². The maximum Gasteiger partial charge on any atom is 0.573 e. The molecule has 3 aromatic rings. The molecule has 0 fully saturated rings. The summed E-state index contributed by atoms with van der Waals surface area (Å²) in [6, 6.07) is 7.68. The van der Waals surface area contributed by atoms with Gasteiger partial charge in [-0.05, 0) is 46.8 Å². The number of alkyl halides is 3. The van der Waals surface area contributed by atoms with Crippen LogP contribution >= 0.6 is 11.3 Å². The second-order valence-corrected chi connectivity index (χ2v) is 6.53. The summed E-state index contributed by atoms with van der Waals surface area (Å²) in [5.41, 5.74) is -0.431. The smallest absolute Gasteiger partial charge is 0.477 e. The third kappa shape index (κ3) is 4.91. The maximum absolute atomic E-state index is 14.6.